The van der Waals surface area contributed by atoms with E-state index in [0.717, 1.165) is 21.4 Å². The summed E-state index contributed by atoms with van der Waals surface area (Å²) in [5.41, 5.74) is 19.0. The number of fused-ring (bicyclic) bond motifs is 1. The van der Waals surface area contributed by atoms with Gasteiger partial charge in [0.1, 0.15) is 24.2 Å². The first-order valence-corrected chi connectivity index (χ1v) is 18.4. The number of carboxylic acid groups (broad SMARTS) is 1. The molecule has 13 N–H and O–H groups in total. The first-order chi connectivity index (χ1) is 26.1. The van der Waals surface area contributed by atoms with Gasteiger partial charge in [-0.05, 0) is 69.0 Å². The van der Waals surface area contributed by atoms with Crippen LogP contribution in [0, 0.1) is 5.92 Å². The number of aromatic amines is 1. The Hall–Kier alpha value is -5.56. The van der Waals surface area contributed by atoms with Crippen LogP contribution in [0.2, 0.25) is 0 Å². The van der Waals surface area contributed by atoms with Gasteiger partial charge in [0.25, 0.3) is 0 Å². The van der Waals surface area contributed by atoms with E-state index >= 15 is 0 Å². The van der Waals surface area contributed by atoms with Crippen LogP contribution in [0.1, 0.15) is 64.4 Å². The molecule has 0 radical (unpaired) electrons. The highest BCUT2D eigenvalue weighted by molar-refractivity contribution is 5.97. The number of amides is 7. The number of nitrogens with one attached hydrogen (secondary N) is 6. The molecule has 0 saturated carbocycles. The molecular weight excluding hydrogens is 716 g/mol. The van der Waals surface area contributed by atoms with E-state index in [2.05, 4.69) is 31.6 Å². The second-order valence-electron chi connectivity index (χ2n) is 14.0. The highest BCUT2D eigenvalue weighted by atomic mass is 16.4. The maximum atomic E-state index is 13.7. The number of carboxylic acids is 1. The number of aliphatic carboxylic acids is 1. The van der Waals surface area contributed by atoms with Gasteiger partial charge in [-0.15, -0.1) is 0 Å². The quantitative estimate of drug-likeness (QED) is 0.0576. The molecule has 0 bridgehead atoms. The molecule has 55 heavy (non-hydrogen) atoms. The van der Waals surface area contributed by atoms with E-state index in [4.69, 9.17) is 17.2 Å². The van der Waals surface area contributed by atoms with Crippen molar-refractivity contribution in [2.75, 3.05) is 26.2 Å². The lowest BCUT2D eigenvalue weighted by Gasteiger charge is -2.26. The minimum Gasteiger partial charge on any atom is -0.480 e. The van der Waals surface area contributed by atoms with E-state index in [0.29, 0.717) is 32.2 Å². The molecule has 0 spiro atoms. The van der Waals surface area contributed by atoms with Crippen molar-refractivity contribution in [1.29, 1.82) is 0 Å². The molecule has 1 aliphatic heterocycles. The highest BCUT2D eigenvalue weighted by Gasteiger charge is 2.34. The molecule has 2 aromatic rings. The summed E-state index contributed by atoms with van der Waals surface area (Å²) < 4.78 is 0. The predicted molar refractivity (Wildman–Crippen MR) is 200 cm³/mol. The SMILES string of the molecule is CC(C)C[C@H](NC(=O)[C@@H](N)Cc1c[nH]c2ccccc12)C(=O)N[C@@H](CCCCN)C(=O)N[C@@H](CC(N)=O)C(=O)NCC(=O)NCC(=O)N1CCC[C@H]1C(=O)O. The van der Waals surface area contributed by atoms with E-state index in [-0.39, 0.29) is 31.7 Å². The van der Waals surface area contributed by atoms with Gasteiger partial charge in [-0.3, -0.25) is 33.6 Å². The summed E-state index contributed by atoms with van der Waals surface area (Å²) in [6.45, 7) is 3.11. The van der Waals surface area contributed by atoms with E-state index < -0.39 is 97.0 Å². The Labute approximate surface area is 318 Å². The average molecular weight is 771 g/mol. The minimum atomic E-state index is -1.54. The fraction of sp³-hybridized carbons (Fsp3) is 0.556. The van der Waals surface area contributed by atoms with Crippen molar-refractivity contribution in [3.63, 3.8) is 0 Å². The summed E-state index contributed by atoms with van der Waals surface area (Å²) in [4.78, 5) is 106. The van der Waals surface area contributed by atoms with E-state index in [1.165, 1.54) is 0 Å². The van der Waals surface area contributed by atoms with Crippen LogP contribution in [0.4, 0.5) is 0 Å². The first-order valence-electron chi connectivity index (χ1n) is 18.4. The Balaban J connectivity index is 1.63. The summed E-state index contributed by atoms with van der Waals surface area (Å²) >= 11 is 0. The normalized spacial score (nSPS) is 16.1. The number of aromatic nitrogens is 1. The third-order valence-electron chi connectivity index (χ3n) is 9.13. The molecule has 1 aromatic carbocycles. The second-order valence-corrected chi connectivity index (χ2v) is 14.0. The second kappa shape index (κ2) is 21.4. The Kier molecular flexibility index (Phi) is 17.0. The van der Waals surface area contributed by atoms with Crippen LogP contribution in [-0.4, -0.2) is 119 Å². The molecule has 5 atom stereocenters. The lowest BCUT2D eigenvalue weighted by Crippen LogP contribution is -2.58. The van der Waals surface area contributed by atoms with Crippen molar-refractivity contribution in [3.05, 3.63) is 36.0 Å². The number of para-hydroxylation sites is 1. The Morgan fingerprint density at radius 3 is 2.24 bits per heavy atom. The topological polar surface area (TPSA) is 314 Å². The summed E-state index contributed by atoms with van der Waals surface area (Å²) in [5.74, 6) is -6.53. The Bertz CT molecular complexity index is 1700. The molecule has 0 aliphatic carbocycles. The average Bonchev–Trinajstić information content (AvgIpc) is 3.79. The molecular formula is C36H54N10O9. The van der Waals surface area contributed by atoms with Crippen LogP contribution in [0.25, 0.3) is 10.9 Å². The standard InChI is InChI=1S/C36H54N10O9/c1-20(2)14-26(44-32(50)23(38)15-21-17-40-24-9-4-3-8-22(21)24)35(53)43-25(10-5-6-12-37)34(52)45-27(16-29(39)47)33(51)42-18-30(48)41-19-31(49)46-13-7-11-28(46)36(54)55/h3-4,8-9,17,20,23,25-28,40H,5-7,10-16,18-19,37-38H2,1-2H3,(H2,39,47)(H,41,48)(H,42,51)(H,43,53)(H,44,50)(H,45,52)(H,54,55)/t23-,25-,26-,27-,28-/m0/s1. The summed E-state index contributed by atoms with van der Waals surface area (Å²) in [6, 6.07) is 1.77. The number of primary amides is 1. The smallest absolute Gasteiger partial charge is 0.326 e. The van der Waals surface area contributed by atoms with Crippen LogP contribution in [0.3, 0.4) is 0 Å². The van der Waals surface area contributed by atoms with Crippen molar-refractivity contribution in [3.8, 4) is 0 Å². The zero-order valence-corrected chi connectivity index (χ0v) is 31.2. The molecule has 19 nitrogen and oxygen atoms in total. The van der Waals surface area contributed by atoms with Gasteiger partial charge in [0.05, 0.1) is 25.6 Å². The summed E-state index contributed by atoms with van der Waals surface area (Å²) in [7, 11) is 0. The van der Waals surface area contributed by atoms with Crippen molar-refractivity contribution < 1.29 is 43.5 Å². The number of nitrogens with two attached hydrogens (primary N) is 3. The fourth-order valence-corrected chi connectivity index (χ4v) is 6.28. The molecule has 1 fully saturated rings. The molecule has 19 heteroatoms. The predicted octanol–water partition coefficient (Wildman–Crippen LogP) is -2.15. The van der Waals surface area contributed by atoms with Crippen LogP contribution in [0.15, 0.2) is 30.5 Å². The van der Waals surface area contributed by atoms with Gasteiger partial charge in [-0.2, -0.15) is 0 Å². The van der Waals surface area contributed by atoms with E-state index in [9.17, 15) is 43.5 Å². The van der Waals surface area contributed by atoms with Gasteiger partial charge in [-0.25, -0.2) is 4.79 Å². The molecule has 1 saturated heterocycles. The van der Waals surface area contributed by atoms with Gasteiger partial charge in [0.2, 0.25) is 41.4 Å². The number of H-pyrrole nitrogens is 1. The fourth-order valence-electron chi connectivity index (χ4n) is 6.28. The summed E-state index contributed by atoms with van der Waals surface area (Å²) in [5, 5.41) is 22.6. The van der Waals surface area contributed by atoms with E-state index in [1.807, 2.05) is 38.1 Å². The Morgan fingerprint density at radius 1 is 0.891 bits per heavy atom. The largest absolute Gasteiger partial charge is 0.480 e. The van der Waals surface area contributed by atoms with Crippen molar-refractivity contribution in [2.45, 2.75) is 95.4 Å². The number of nitrogens with zero attached hydrogens (tertiary/aromatic N) is 1. The molecule has 1 aromatic heterocycles. The zero-order chi connectivity index (χ0) is 40.7. The van der Waals surface area contributed by atoms with Gasteiger partial charge >= 0.3 is 5.97 Å². The van der Waals surface area contributed by atoms with Crippen molar-refractivity contribution in [1.82, 2.24) is 36.5 Å². The molecule has 3 rings (SSSR count). The Morgan fingerprint density at radius 2 is 1.56 bits per heavy atom. The van der Waals surface area contributed by atoms with Gasteiger partial charge in [0.15, 0.2) is 0 Å². The van der Waals surface area contributed by atoms with Crippen LogP contribution >= 0.6 is 0 Å². The van der Waals surface area contributed by atoms with Crippen molar-refractivity contribution >= 4 is 58.2 Å². The monoisotopic (exact) mass is 770 g/mol. The molecule has 2 heterocycles. The number of hydrogen-bond donors (Lipinski definition) is 10. The van der Waals surface area contributed by atoms with Crippen LogP contribution in [-0.2, 0) is 44.8 Å². The maximum Gasteiger partial charge on any atom is 0.326 e. The molecule has 302 valence electrons. The van der Waals surface area contributed by atoms with Crippen LogP contribution in [0.5, 0.6) is 0 Å². The number of hydrogen-bond acceptors (Lipinski definition) is 10. The van der Waals surface area contributed by atoms with Crippen LogP contribution < -0.4 is 43.8 Å². The van der Waals surface area contributed by atoms with Gasteiger partial charge < -0.3 is 58.8 Å². The number of benzene rings is 1. The van der Waals surface area contributed by atoms with Crippen molar-refractivity contribution in [2.24, 2.45) is 23.1 Å². The molecule has 0 unspecified atom stereocenters. The maximum absolute atomic E-state index is 13.7. The van der Waals surface area contributed by atoms with Gasteiger partial charge in [0, 0.05) is 23.6 Å². The number of rotatable bonds is 22. The third-order valence-corrected chi connectivity index (χ3v) is 9.13. The van der Waals surface area contributed by atoms with E-state index in [1.54, 1.807) is 6.20 Å². The molecule has 7 amide bonds. The lowest BCUT2D eigenvalue weighted by molar-refractivity contribution is -0.148. The number of carbonyl (C=O) groups is 8. The summed E-state index contributed by atoms with van der Waals surface area (Å²) in [6.07, 6.45) is 3.36. The zero-order valence-electron chi connectivity index (χ0n) is 31.2. The number of likely N-dealkylation sites (tertiary alicyclic amines) is 1. The third kappa shape index (κ3) is 13.7. The first kappa shape index (κ1) is 43.8. The van der Waals surface area contributed by atoms with Gasteiger partial charge in [-0.1, -0.05) is 32.0 Å². The lowest BCUT2D eigenvalue weighted by atomic mass is 10.00. The highest BCUT2D eigenvalue weighted by Crippen LogP contribution is 2.19. The number of carbonyl (C=O) groups excluding carboxylic acids is 7. The minimum absolute atomic E-state index is 0.0498. The molecule has 1 aliphatic rings. The number of unbranched alkanes of at least 4 members (excludes halogenated alkanes) is 1.